The van der Waals surface area contributed by atoms with Gasteiger partial charge in [0.2, 0.25) is 0 Å². The minimum absolute atomic E-state index is 0.446. The molecule has 1 rings (SSSR count). The van der Waals surface area contributed by atoms with Crippen molar-refractivity contribution >= 4 is 0 Å². The molecule has 98 valence electrons. The van der Waals surface area contributed by atoms with Crippen LogP contribution in [0.3, 0.4) is 0 Å². The summed E-state index contributed by atoms with van der Waals surface area (Å²) in [6, 6.07) is 3.12. The van der Waals surface area contributed by atoms with E-state index in [2.05, 4.69) is 57.3 Å². The summed E-state index contributed by atoms with van der Waals surface area (Å²) in [5, 5.41) is 8.06. The molecular formula is C14H27N3. The van der Waals surface area contributed by atoms with Crippen LogP contribution in [-0.4, -0.2) is 15.8 Å². The van der Waals surface area contributed by atoms with Gasteiger partial charge in [-0.15, -0.1) is 0 Å². The van der Waals surface area contributed by atoms with Crippen LogP contribution in [0.25, 0.3) is 0 Å². The normalized spacial score (nSPS) is 13.6. The zero-order chi connectivity index (χ0) is 12.8. The largest absolute Gasteiger partial charge is 0.309 e. The van der Waals surface area contributed by atoms with Crippen LogP contribution < -0.4 is 5.32 Å². The smallest absolute Gasteiger partial charge is 0.0762 e. The fraction of sp³-hybridized carbons (Fsp3) is 0.786. The molecule has 0 fully saturated rings. The van der Waals surface area contributed by atoms with Gasteiger partial charge in [-0.05, 0) is 45.6 Å². The second-order valence-electron chi connectivity index (χ2n) is 5.63. The van der Waals surface area contributed by atoms with Gasteiger partial charge in [0.15, 0.2) is 0 Å². The van der Waals surface area contributed by atoms with E-state index in [0.717, 1.165) is 18.2 Å². The highest BCUT2D eigenvalue weighted by molar-refractivity contribution is 4.99. The Hall–Kier alpha value is -0.830. The highest BCUT2D eigenvalue weighted by atomic mass is 15.3. The molecule has 0 spiro atoms. The van der Waals surface area contributed by atoms with Crippen molar-refractivity contribution in [2.75, 3.05) is 0 Å². The van der Waals surface area contributed by atoms with Crippen LogP contribution in [0, 0.1) is 5.92 Å². The molecule has 3 heteroatoms. The van der Waals surface area contributed by atoms with Crippen LogP contribution in [-0.2, 0) is 6.54 Å². The molecule has 1 atom stereocenters. The van der Waals surface area contributed by atoms with Gasteiger partial charge >= 0.3 is 0 Å². The summed E-state index contributed by atoms with van der Waals surface area (Å²) in [7, 11) is 0. The summed E-state index contributed by atoms with van der Waals surface area (Å²) in [4.78, 5) is 0. The molecule has 0 aromatic carbocycles. The summed E-state index contributed by atoms with van der Waals surface area (Å²) in [6.45, 7) is 12.0. The Bertz CT molecular complexity index is 315. The first-order chi connectivity index (χ1) is 7.99. The van der Waals surface area contributed by atoms with Crippen LogP contribution in [0.1, 0.15) is 59.2 Å². The molecule has 0 saturated heterocycles. The Kier molecular flexibility index (Phi) is 5.69. The zero-order valence-corrected chi connectivity index (χ0v) is 11.9. The number of aromatic nitrogens is 2. The van der Waals surface area contributed by atoms with Crippen molar-refractivity contribution in [1.29, 1.82) is 0 Å². The average molecular weight is 237 g/mol. The Morgan fingerprint density at radius 3 is 2.41 bits per heavy atom. The van der Waals surface area contributed by atoms with Gasteiger partial charge in [0.1, 0.15) is 0 Å². The van der Waals surface area contributed by atoms with E-state index >= 15 is 0 Å². The van der Waals surface area contributed by atoms with Gasteiger partial charge in [-0.3, -0.25) is 4.68 Å². The molecule has 1 unspecified atom stereocenters. The first-order valence-corrected chi connectivity index (χ1v) is 6.76. The highest BCUT2D eigenvalue weighted by Crippen LogP contribution is 2.08. The van der Waals surface area contributed by atoms with Gasteiger partial charge in [0, 0.05) is 24.8 Å². The van der Waals surface area contributed by atoms with E-state index in [1.807, 2.05) is 4.68 Å². The molecule has 1 heterocycles. The maximum atomic E-state index is 4.53. The maximum Gasteiger partial charge on any atom is 0.0762 e. The predicted molar refractivity (Wildman–Crippen MR) is 73.0 cm³/mol. The lowest BCUT2D eigenvalue weighted by molar-refractivity contribution is 0.445. The molecule has 1 aromatic heterocycles. The monoisotopic (exact) mass is 237 g/mol. The van der Waals surface area contributed by atoms with Crippen molar-refractivity contribution in [1.82, 2.24) is 15.1 Å². The van der Waals surface area contributed by atoms with Crippen molar-refractivity contribution in [2.45, 2.75) is 66.1 Å². The van der Waals surface area contributed by atoms with Gasteiger partial charge < -0.3 is 5.32 Å². The van der Waals surface area contributed by atoms with E-state index in [1.54, 1.807) is 0 Å². The molecule has 0 aliphatic carbocycles. The third-order valence-electron chi connectivity index (χ3n) is 3.00. The second-order valence-corrected chi connectivity index (χ2v) is 5.63. The summed E-state index contributed by atoms with van der Waals surface area (Å²) in [5.74, 6) is 0.791. The van der Waals surface area contributed by atoms with E-state index in [1.165, 1.54) is 12.8 Å². The van der Waals surface area contributed by atoms with Crippen molar-refractivity contribution in [2.24, 2.45) is 5.92 Å². The Morgan fingerprint density at radius 1 is 1.18 bits per heavy atom. The van der Waals surface area contributed by atoms with Crippen molar-refractivity contribution in [3.63, 3.8) is 0 Å². The molecule has 0 saturated carbocycles. The van der Waals surface area contributed by atoms with E-state index < -0.39 is 0 Å². The fourth-order valence-electron chi connectivity index (χ4n) is 1.72. The number of nitrogens with zero attached hydrogens (tertiary/aromatic N) is 2. The van der Waals surface area contributed by atoms with Gasteiger partial charge in [-0.2, -0.15) is 5.10 Å². The van der Waals surface area contributed by atoms with Crippen molar-refractivity contribution in [3.05, 3.63) is 18.0 Å². The summed E-state index contributed by atoms with van der Waals surface area (Å²) >= 11 is 0. The fourth-order valence-corrected chi connectivity index (χ4v) is 1.72. The Balaban J connectivity index is 2.29. The molecule has 17 heavy (non-hydrogen) atoms. The molecule has 1 N–H and O–H groups in total. The van der Waals surface area contributed by atoms with Gasteiger partial charge in [0.25, 0.3) is 0 Å². The van der Waals surface area contributed by atoms with Gasteiger partial charge in [-0.25, -0.2) is 0 Å². The Labute approximate surface area is 106 Å². The molecule has 0 bridgehead atoms. The van der Waals surface area contributed by atoms with Crippen LogP contribution in [0.4, 0.5) is 0 Å². The highest BCUT2D eigenvalue weighted by Gasteiger charge is 2.05. The third kappa shape index (κ3) is 5.35. The van der Waals surface area contributed by atoms with Gasteiger partial charge in [0.05, 0.1) is 5.69 Å². The summed E-state index contributed by atoms with van der Waals surface area (Å²) in [5.41, 5.74) is 1.13. The molecule has 0 amide bonds. The topological polar surface area (TPSA) is 29.9 Å². The summed E-state index contributed by atoms with van der Waals surface area (Å²) < 4.78 is 2.01. The van der Waals surface area contributed by atoms with Crippen molar-refractivity contribution < 1.29 is 0 Å². The van der Waals surface area contributed by atoms with E-state index in [-0.39, 0.29) is 0 Å². The minimum atomic E-state index is 0.446. The van der Waals surface area contributed by atoms with Gasteiger partial charge in [-0.1, -0.05) is 13.8 Å². The Morgan fingerprint density at radius 2 is 1.88 bits per heavy atom. The number of rotatable bonds is 7. The number of hydrogen-bond acceptors (Lipinski definition) is 2. The molecule has 3 nitrogen and oxygen atoms in total. The first kappa shape index (κ1) is 14.2. The SMILES string of the molecule is CC(C)CCC(C)NCc1ccn(C(C)C)n1. The second kappa shape index (κ2) is 6.80. The lowest BCUT2D eigenvalue weighted by atomic mass is 10.0. The molecule has 0 aliphatic heterocycles. The molecule has 0 aliphatic rings. The molecule has 0 radical (unpaired) electrons. The average Bonchev–Trinajstić information content (AvgIpc) is 2.72. The van der Waals surface area contributed by atoms with Crippen LogP contribution in [0.2, 0.25) is 0 Å². The maximum absolute atomic E-state index is 4.53. The number of hydrogen-bond donors (Lipinski definition) is 1. The molecule has 1 aromatic rings. The van der Waals surface area contributed by atoms with E-state index in [4.69, 9.17) is 0 Å². The quantitative estimate of drug-likeness (QED) is 0.788. The van der Waals surface area contributed by atoms with Crippen molar-refractivity contribution in [3.8, 4) is 0 Å². The van der Waals surface area contributed by atoms with Crippen LogP contribution in [0.15, 0.2) is 12.3 Å². The van der Waals surface area contributed by atoms with Crippen LogP contribution >= 0.6 is 0 Å². The lowest BCUT2D eigenvalue weighted by Gasteiger charge is -2.14. The molecular weight excluding hydrogens is 210 g/mol. The standard InChI is InChI=1S/C14H27N3/c1-11(2)6-7-13(5)15-10-14-8-9-17(16-14)12(3)4/h8-9,11-13,15H,6-7,10H2,1-5H3. The predicted octanol–water partition coefficient (Wildman–Crippen LogP) is 3.38. The minimum Gasteiger partial charge on any atom is -0.309 e. The zero-order valence-electron chi connectivity index (χ0n) is 11.9. The van der Waals surface area contributed by atoms with E-state index in [0.29, 0.717) is 12.1 Å². The van der Waals surface area contributed by atoms with Crippen LogP contribution in [0.5, 0.6) is 0 Å². The summed E-state index contributed by atoms with van der Waals surface area (Å²) in [6.07, 6.45) is 4.58. The number of nitrogens with one attached hydrogen (secondary N) is 1. The first-order valence-electron chi connectivity index (χ1n) is 6.76. The lowest BCUT2D eigenvalue weighted by Crippen LogP contribution is -2.26. The third-order valence-corrected chi connectivity index (χ3v) is 3.00. The van der Waals surface area contributed by atoms with E-state index in [9.17, 15) is 0 Å².